The van der Waals surface area contributed by atoms with E-state index in [1.807, 2.05) is 31.2 Å². The van der Waals surface area contributed by atoms with Crippen molar-refractivity contribution >= 4 is 29.1 Å². The number of rotatable bonds is 4. The monoisotopic (exact) mass is 364 g/mol. The molecule has 3 rings (SSSR count). The molecule has 0 radical (unpaired) electrons. The highest BCUT2D eigenvalue weighted by Gasteiger charge is 2.20. The van der Waals surface area contributed by atoms with E-state index in [1.165, 1.54) is 4.68 Å². The smallest absolute Gasteiger partial charge is 0.323 e. The molecule has 0 unspecified atom stereocenters. The minimum atomic E-state index is -0.643. The Morgan fingerprint density at radius 1 is 1.04 bits per heavy atom. The number of aryl methyl sites for hydroxylation is 2. The summed E-state index contributed by atoms with van der Waals surface area (Å²) in [5, 5.41) is 9.77. The van der Waals surface area contributed by atoms with Gasteiger partial charge in [0.15, 0.2) is 0 Å². The summed E-state index contributed by atoms with van der Waals surface area (Å²) in [5.41, 5.74) is 14.9. The van der Waals surface area contributed by atoms with Crippen LogP contribution in [0.25, 0.3) is 11.3 Å². The van der Waals surface area contributed by atoms with Gasteiger partial charge in [-0.25, -0.2) is 4.79 Å². The lowest BCUT2D eigenvalue weighted by Gasteiger charge is -2.09. The third-order valence-electron chi connectivity index (χ3n) is 4.03. The zero-order valence-electron chi connectivity index (χ0n) is 15.0. The van der Waals surface area contributed by atoms with Crippen LogP contribution < -0.4 is 22.1 Å². The highest BCUT2D eigenvalue weighted by molar-refractivity contribution is 6.03. The van der Waals surface area contributed by atoms with Crippen LogP contribution in [0.15, 0.2) is 48.5 Å². The average Bonchev–Trinajstić information content (AvgIpc) is 2.90. The quantitative estimate of drug-likeness (QED) is 0.567. The highest BCUT2D eigenvalue weighted by atomic mass is 16.2. The molecule has 0 atom stereocenters. The topological polar surface area (TPSA) is 128 Å². The molecule has 0 aliphatic carbocycles. The van der Waals surface area contributed by atoms with Gasteiger partial charge in [-0.3, -0.25) is 9.48 Å². The van der Waals surface area contributed by atoms with Gasteiger partial charge in [0, 0.05) is 24.0 Å². The number of aromatic nitrogens is 2. The molecule has 27 heavy (non-hydrogen) atoms. The van der Waals surface area contributed by atoms with Gasteiger partial charge < -0.3 is 22.1 Å². The summed E-state index contributed by atoms with van der Waals surface area (Å²) >= 11 is 0. The van der Waals surface area contributed by atoms with Crippen molar-refractivity contribution in [2.75, 3.05) is 16.4 Å². The third kappa shape index (κ3) is 3.90. The van der Waals surface area contributed by atoms with Crippen LogP contribution in [-0.4, -0.2) is 21.7 Å². The molecular formula is C19H20N6O2. The van der Waals surface area contributed by atoms with E-state index in [4.69, 9.17) is 11.5 Å². The van der Waals surface area contributed by atoms with Crippen LogP contribution in [0.3, 0.4) is 0 Å². The Morgan fingerprint density at radius 3 is 2.33 bits per heavy atom. The minimum Gasteiger partial charge on any atom is -0.383 e. The summed E-state index contributed by atoms with van der Waals surface area (Å²) in [6.07, 6.45) is 0. The first-order valence-corrected chi connectivity index (χ1v) is 8.22. The molecule has 138 valence electrons. The summed E-state index contributed by atoms with van der Waals surface area (Å²) in [6.45, 7) is 1.95. The van der Waals surface area contributed by atoms with Crippen LogP contribution >= 0.6 is 0 Å². The summed E-state index contributed by atoms with van der Waals surface area (Å²) in [6, 6.07) is 14.0. The molecule has 1 aromatic heterocycles. The lowest BCUT2D eigenvalue weighted by Crippen LogP contribution is -2.19. The van der Waals surface area contributed by atoms with Crippen LogP contribution in [0.5, 0.6) is 0 Å². The zero-order valence-corrected chi connectivity index (χ0v) is 15.0. The van der Waals surface area contributed by atoms with Crippen molar-refractivity contribution < 1.29 is 9.59 Å². The molecule has 1 heterocycles. The van der Waals surface area contributed by atoms with Crippen LogP contribution in [0.4, 0.5) is 22.0 Å². The number of anilines is 3. The molecule has 3 aromatic rings. The van der Waals surface area contributed by atoms with Gasteiger partial charge in [-0.2, -0.15) is 5.10 Å². The van der Waals surface area contributed by atoms with Crippen molar-refractivity contribution in [2.24, 2.45) is 12.8 Å². The van der Waals surface area contributed by atoms with Crippen LogP contribution in [0, 0.1) is 6.92 Å². The van der Waals surface area contributed by atoms with E-state index in [2.05, 4.69) is 15.7 Å². The lowest BCUT2D eigenvalue weighted by molar-refractivity contribution is 0.100. The van der Waals surface area contributed by atoms with Gasteiger partial charge in [-0.15, -0.1) is 0 Å². The van der Waals surface area contributed by atoms with Crippen molar-refractivity contribution in [3.8, 4) is 11.3 Å². The fourth-order valence-corrected chi connectivity index (χ4v) is 2.71. The molecule has 3 amide bonds. The van der Waals surface area contributed by atoms with Crippen LogP contribution in [0.2, 0.25) is 0 Å². The summed E-state index contributed by atoms with van der Waals surface area (Å²) in [7, 11) is 1.64. The van der Waals surface area contributed by atoms with Crippen molar-refractivity contribution in [3.05, 3.63) is 59.7 Å². The minimum absolute atomic E-state index is 0.176. The Labute approximate surface area is 156 Å². The Morgan fingerprint density at radius 2 is 1.70 bits per heavy atom. The number of nitrogens with one attached hydrogen (secondary N) is 2. The number of urea groups is 1. The average molecular weight is 364 g/mol. The van der Waals surface area contributed by atoms with Crippen molar-refractivity contribution in [2.45, 2.75) is 6.92 Å². The van der Waals surface area contributed by atoms with Crippen molar-refractivity contribution in [3.63, 3.8) is 0 Å². The Bertz CT molecular complexity index is 1010. The largest absolute Gasteiger partial charge is 0.383 e. The Kier molecular flexibility index (Phi) is 4.80. The molecule has 8 heteroatoms. The van der Waals surface area contributed by atoms with Crippen molar-refractivity contribution in [1.29, 1.82) is 0 Å². The van der Waals surface area contributed by atoms with Gasteiger partial charge in [0.05, 0.1) is 0 Å². The van der Waals surface area contributed by atoms with E-state index in [0.29, 0.717) is 22.6 Å². The summed E-state index contributed by atoms with van der Waals surface area (Å²) < 4.78 is 1.40. The van der Waals surface area contributed by atoms with Gasteiger partial charge in [0.1, 0.15) is 17.1 Å². The number of benzene rings is 2. The number of carbonyl (C=O) groups excluding carboxylic acids is 2. The number of primary amides is 1. The maximum absolute atomic E-state index is 12.1. The second kappa shape index (κ2) is 7.20. The van der Waals surface area contributed by atoms with Crippen molar-refractivity contribution in [1.82, 2.24) is 9.78 Å². The number of nitrogen functional groups attached to an aromatic ring is 1. The zero-order chi connectivity index (χ0) is 19.6. The molecule has 2 aromatic carbocycles. The third-order valence-corrected chi connectivity index (χ3v) is 4.03. The predicted octanol–water partition coefficient (Wildman–Crippen LogP) is 2.72. The number of hydrogen-bond donors (Lipinski definition) is 4. The van der Waals surface area contributed by atoms with Gasteiger partial charge in [0.2, 0.25) is 0 Å². The SMILES string of the molecule is Cc1cccc(NC(=O)Nc2ccc(-c3nn(C)c(N)c3C(N)=O)cc2)c1. The van der Waals surface area contributed by atoms with Crippen LogP contribution in [-0.2, 0) is 7.05 Å². The normalized spacial score (nSPS) is 10.4. The Balaban J connectivity index is 1.75. The highest BCUT2D eigenvalue weighted by Crippen LogP contribution is 2.27. The molecule has 0 fully saturated rings. The van der Waals surface area contributed by atoms with E-state index in [-0.39, 0.29) is 17.4 Å². The fourth-order valence-electron chi connectivity index (χ4n) is 2.71. The molecular weight excluding hydrogens is 344 g/mol. The second-order valence-electron chi connectivity index (χ2n) is 6.12. The van der Waals surface area contributed by atoms with E-state index in [9.17, 15) is 9.59 Å². The number of hydrogen-bond acceptors (Lipinski definition) is 4. The van der Waals surface area contributed by atoms with Gasteiger partial charge in [0.25, 0.3) is 5.91 Å². The predicted molar refractivity (Wildman–Crippen MR) is 105 cm³/mol. The molecule has 0 saturated heterocycles. The number of amides is 3. The van der Waals surface area contributed by atoms with E-state index < -0.39 is 5.91 Å². The van der Waals surface area contributed by atoms with E-state index >= 15 is 0 Å². The number of carbonyl (C=O) groups is 2. The molecule has 6 N–H and O–H groups in total. The molecule has 0 aliphatic heterocycles. The van der Waals surface area contributed by atoms with Gasteiger partial charge in [-0.05, 0) is 36.8 Å². The number of nitrogens with zero attached hydrogens (tertiary/aromatic N) is 2. The molecule has 0 aliphatic rings. The molecule has 0 bridgehead atoms. The molecule has 0 saturated carbocycles. The molecule has 8 nitrogen and oxygen atoms in total. The van der Waals surface area contributed by atoms with Gasteiger partial charge in [-0.1, -0.05) is 24.3 Å². The maximum Gasteiger partial charge on any atom is 0.323 e. The van der Waals surface area contributed by atoms with Crippen LogP contribution in [0.1, 0.15) is 15.9 Å². The first-order valence-electron chi connectivity index (χ1n) is 8.22. The fraction of sp³-hybridized carbons (Fsp3) is 0.105. The number of nitrogens with two attached hydrogens (primary N) is 2. The first-order chi connectivity index (χ1) is 12.8. The summed E-state index contributed by atoms with van der Waals surface area (Å²) in [5.74, 6) is -0.437. The first kappa shape index (κ1) is 18.0. The van der Waals surface area contributed by atoms with E-state index in [0.717, 1.165) is 5.56 Å². The maximum atomic E-state index is 12.1. The van der Waals surface area contributed by atoms with Gasteiger partial charge >= 0.3 is 6.03 Å². The lowest BCUT2D eigenvalue weighted by atomic mass is 10.1. The second-order valence-corrected chi connectivity index (χ2v) is 6.12. The Hall–Kier alpha value is -3.81. The molecule has 0 spiro atoms. The standard InChI is InChI=1S/C19H20N6O2/c1-11-4-3-5-14(10-11)23-19(27)22-13-8-6-12(7-9-13)16-15(18(21)26)17(20)25(2)24-16/h3-10H,20H2,1-2H3,(H2,21,26)(H2,22,23,27). The van der Waals surface area contributed by atoms with E-state index in [1.54, 1.807) is 31.3 Å². The summed E-state index contributed by atoms with van der Waals surface area (Å²) in [4.78, 5) is 23.8.